The van der Waals surface area contributed by atoms with Crippen molar-refractivity contribution < 1.29 is 17.9 Å². The number of nitrogens with zero attached hydrogens (tertiary/aromatic N) is 3. The molecule has 0 saturated carbocycles. The Morgan fingerprint density at radius 2 is 1.94 bits per heavy atom. The highest BCUT2D eigenvalue weighted by Gasteiger charge is 2.19. The molecule has 9 nitrogen and oxygen atoms in total. The zero-order chi connectivity index (χ0) is 23.9. The van der Waals surface area contributed by atoms with Crippen molar-refractivity contribution >= 4 is 38.0 Å². The van der Waals surface area contributed by atoms with Gasteiger partial charge < -0.3 is 10.1 Å². The molecule has 0 aliphatic heterocycles. The van der Waals surface area contributed by atoms with Crippen molar-refractivity contribution in [3.63, 3.8) is 0 Å². The number of amides is 1. The summed E-state index contributed by atoms with van der Waals surface area (Å²) in [6.45, 7) is 1.71. The molecule has 172 valence electrons. The number of hydrogen-bond donors (Lipinski definition) is 2. The second-order valence-corrected chi connectivity index (χ2v) is 9.94. The molecule has 5 rings (SSSR count). The average Bonchev–Trinajstić information content (AvgIpc) is 3.38. The fourth-order valence-corrected chi connectivity index (χ4v) is 4.71. The predicted octanol–water partition coefficient (Wildman–Crippen LogP) is 3.82. The summed E-state index contributed by atoms with van der Waals surface area (Å²) >= 11 is 0. The number of nitrogens with one attached hydrogen (secondary N) is 2. The summed E-state index contributed by atoms with van der Waals surface area (Å²) in [5.41, 5.74) is 4.05. The van der Waals surface area contributed by atoms with E-state index in [-0.39, 0.29) is 16.5 Å². The van der Waals surface area contributed by atoms with Crippen LogP contribution >= 0.6 is 0 Å². The maximum absolute atomic E-state index is 12.3. The number of carbonyl (C=O) groups is 1. The molecular formula is C24H21N5O4S. The highest BCUT2D eigenvalue weighted by molar-refractivity contribution is 7.90. The van der Waals surface area contributed by atoms with E-state index in [2.05, 4.69) is 20.6 Å². The first-order valence-electron chi connectivity index (χ1n) is 10.4. The van der Waals surface area contributed by atoms with Crippen molar-refractivity contribution in [1.82, 2.24) is 19.8 Å². The lowest BCUT2D eigenvalue weighted by Crippen LogP contribution is -2.10. The van der Waals surface area contributed by atoms with Crippen LogP contribution < -0.4 is 10.1 Å². The minimum Gasteiger partial charge on any atom is -0.487 e. The fourth-order valence-electron chi connectivity index (χ4n) is 3.89. The molecule has 5 aromatic rings. The van der Waals surface area contributed by atoms with Crippen LogP contribution in [0.5, 0.6) is 5.75 Å². The summed E-state index contributed by atoms with van der Waals surface area (Å²) in [6.07, 6.45) is 4.58. The smallest absolute Gasteiger partial charge is 0.221 e. The first-order chi connectivity index (χ1) is 16.3. The number of rotatable bonds is 6. The van der Waals surface area contributed by atoms with Crippen molar-refractivity contribution in [3.05, 3.63) is 72.6 Å². The molecule has 2 aromatic carbocycles. The van der Waals surface area contributed by atoms with Crippen LogP contribution in [0.1, 0.15) is 12.5 Å². The minimum atomic E-state index is -3.55. The zero-order valence-electron chi connectivity index (χ0n) is 18.4. The molecule has 34 heavy (non-hydrogen) atoms. The average molecular weight is 476 g/mol. The molecule has 0 aliphatic rings. The van der Waals surface area contributed by atoms with Gasteiger partial charge in [0.15, 0.2) is 15.5 Å². The fraction of sp³-hybridized carbons (Fsp3) is 0.125. The largest absolute Gasteiger partial charge is 0.487 e. The van der Waals surface area contributed by atoms with Crippen LogP contribution in [0.4, 0.5) is 5.69 Å². The second-order valence-electron chi connectivity index (χ2n) is 7.95. The molecule has 2 N–H and O–H groups in total. The summed E-state index contributed by atoms with van der Waals surface area (Å²) in [7, 11) is -3.55. The number of anilines is 1. The van der Waals surface area contributed by atoms with E-state index in [9.17, 15) is 13.2 Å². The summed E-state index contributed by atoms with van der Waals surface area (Å²) in [5.74, 6) is 0.214. The van der Waals surface area contributed by atoms with E-state index in [0.29, 0.717) is 23.6 Å². The quantitative estimate of drug-likeness (QED) is 0.385. The number of fused-ring (bicyclic) bond motifs is 3. The Bertz CT molecular complexity index is 1640. The van der Waals surface area contributed by atoms with Gasteiger partial charge >= 0.3 is 0 Å². The Morgan fingerprint density at radius 1 is 1.15 bits per heavy atom. The molecule has 0 saturated heterocycles. The van der Waals surface area contributed by atoms with Gasteiger partial charge in [0.1, 0.15) is 12.4 Å². The summed E-state index contributed by atoms with van der Waals surface area (Å²) in [5, 5.41) is 14.9. The van der Waals surface area contributed by atoms with Gasteiger partial charge in [0.2, 0.25) is 5.91 Å². The lowest BCUT2D eigenvalue weighted by molar-refractivity contribution is -0.114. The number of ether oxygens (including phenoxy) is 1. The van der Waals surface area contributed by atoms with Gasteiger partial charge in [-0.15, -0.1) is 5.10 Å². The lowest BCUT2D eigenvalue weighted by atomic mass is 10.0. The Balaban J connectivity index is 1.67. The first kappa shape index (κ1) is 21.7. The van der Waals surface area contributed by atoms with E-state index >= 15 is 0 Å². The van der Waals surface area contributed by atoms with Crippen LogP contribution in [-0.4, -0.2) is 40.4 Å². The third kappa shape index (κ3) is 4.11. The van der Waals surface area contributed by atoms with Gasteiger partial charge in [0, 0.05) is 18.7 Å². The van der Waals surface area contributed by atoms with Crippen molar-refractivity contribution in [2.75, 3.05) is 11.6 Å². The second kappa shape index (κ2) is 8.31. The molecule has 0 spiro atoms. The maximum Gasteiger partial charge on any atom is 0.221 e. The van der Waals surface area contributed by atoms with E-state index in [1.165, 1.54) is 13.0 Å². The Labute approximate surface area is 195 Å². The third-order valence-corrected chi connectivity index (χ3v) is 6.51. The number of carbonyl (C=O) groups excluding carboxylic acids is 1. The lowest BCUT2D eigenvalue weighted by Gasteiger charge is -2.14. The molecule has 0 fully saturated rings. The number of H-pyrrole nitrogens is 1. The highest BCUT2D eigenvalue weighted by Crippen LogP contribution is 2.36. The van der Waals surface area contributed by atoms with Gasteiger partial charge in [-0.1, -0.05) is 36.4 Å². The van der Waals surface area contributed by atoms with Crippen molar-refractivity contribution in [2.45, 2.75) is 18.4 Å². The number of benzene rings is 2. The van der Waals surface area contributed by atoms with Crippen LogP contribution in [0.2, 0.25) is 0 Å². The topological polar surface area (TPSA) is 118 Å². The Morgan fingerprint density at radius 3 is 2.68 bits per heavy atom. The van der Waals surface area contributed by atoms with E-state index in [1.807, 2.05) is 36.4 Å². The number of aromatic amines is 1. The van der Waals surface area contributed by atoms with Gasteiger partial charge in [-0.05, 0) is 29.3 Å². The molecule has 1 amide bonds. The van der Waals surface area contributed by atoms with E-state index in [4.69, 9.17) is 4.74 Å². The van der Waals surface area contributed by atoms with E-state index in [0.717, 1.165) is 28.3 Å². The van der Waals surface area contributed by atoms with Crippen molar-refractivity contribution in [1.29, 1.82) is 0 Å². The third-order valence-electron chi connectivity index (χ3n) is 5.35. The molecule has 0 aliphatic carbocycles. The van der Waals surface area contributed by atoms with Crippen LogP contribution in [0.25, 0.3) is 27.7 Å². The zero-order valence-corrected chi connectivity index (χ0v) is 19.3. The van der Waals surface area contributed by atoms with Crippen molar-refractivity contribution in [3.8, 4) is 16.9 Å². The minimum absolute atomic E-state index is 0.0425. The standard InChI is InChI=1S/C24H21N5O4S/c1-15(30)26-21-10-17(8-9-22(21)34(2,31)32)19-11-18(33-14-16-6-4-3-5-7-16)13-29-23(19)20-12-25-27-24(20)28-29/h3-13H,14H2,1-2H3,(H,26,30)(H,27,28). The molecular weight excluding hydrogens is 454 g/mol. The molecule has 0 atom stereocenters. The normalized spacial score (nSPS) is 11.7. The van der Waals surface area contributed by atoms with Crippen LogP contribution in [-0.2, 0) is 21.2 Å². The van der Waals surface area contributed by atoms with Crippen molar-refractivity contribution in [2.24, 2.45) is 0 Å². The SMILES string of the molecule is CC(=O)Nc1cc(-c2cc(OCc3ccccc3)cn3nc4[nH]ncc4c23)ccc1S(C)(=O)=O. The Kier molecular flexibility index (Phi) is 5.29. The number of aromatic nitrogens is 4. The first-order valence-corrected chi connectivity index (χ1v) is 12.3. The van der Waals surface area contributed by atoms with Gasteiger partial charge in [0.05, 0.1) is 33.9 Å². The summed E-state index contributed by atoms with van der Waals surface area (Å²) in [4.78, 5) is 11.8. The van der Waals surface area contributed by atoms with Crippen LogP contribution in [0.15, 0.2) is 71.9 Å². The molecule has 0 bridgehead atoms. The predicted molar refractivity (Wildman–Crippen MR) is 128 cm³/mol. The monoisotopic (exact) mass is 475 g/mol. The molecule has 0 radical (unpaired) electrons. The van der Waals surface area contributed by atoms with Gasteiger partial charge in [-0.3, -0.25) is 9.89 Å². The molecule has 3 aromatic heterocycles. The number of sulfone groups is 1. The van der Waals surface area contributed by atoms with Gasteiger partial charge in [0.25, 0.3) is 0 Å². The number of pyridine rings is 1. The molecule has 0 unspecified atom stereocenters. The van der Waals surface area contributed by atoms with Crippen LogP contribution in [0.3, 0.4) is 0 Å². The van der Waals surface area contributed by atoms with E-state index < -0.39 is 9.84 Å². The summed E-state index contributed by atoms with van der Waals surface area (Å²) < 4.78 is 32.3. The Hall–Kier alpha value is -4.18. The summed E-state index contributed by atoms with van der Waals surface area (Å²) in [6, 6.07) is 16.5. The van der Waals surface area contributed by atoms with E-state index in [1.54, 1.807) is 29.0 Å². The van der Waals surface area contributed by atoms with Crippen LogP contribution in [0, 0.1) is 0 Å². The van der Waals surface area contributed by atoms with Gasteiger partial charge in [-0.2, -0.15) is 5.10 Å². The molecule has 3 heterocycles. The highest BCUT2D eigenvalue weighted by atomic mass is 32.2. The number of hydrogen-bond acceptors (Lipinski definition) is 6. The van der Waals surface area contributed by atoms with Gasteiger partial charge in [-0.25, -0.2) is 12.9 Å². The molecule has 10 heteroatoms. The maximum atomic E-state index is 12.3.